The van der Waals surface area contributed by atoms with Crippen LogP contribution in [0.25, 0.3) is 5.65 Å². The van der Waals surface area contributed by atoms with E-state index in [0.29, 0.717) is 17.0 Å². The molecular weight excluding hydrogens is 294 g/mol. The van der Waals surface area contributed by atoms with E-state index in [1.165, 1.54) is 0 Å². The van der Waals surface area contributed by atoms with E-state index in [0.717, 1.165) is 17.0 Å². The van der Waals surface area contributed by atoms with Crippen LogP contribution in [0.1, 0.15) is 15.9 Å². The normalized spacial score (nSPS) is 10.6. The van der Waals surface area contributed by atoms with Crippen molar-refractivity contribution in [3.05, 3.63) is 47.8 Å². The molecule has 0 unspecified atom stereocenters. The first-order chi connectivity index (χ1) is 11.1. The number of nitrogens with zero attached hydrogens (tertiary/aromatic N) is 3. The van der Waals surface area contributed by atoms with E-state index >= 15 is 0 Å². The Labute approximate surface area is 133 Å². The molecule has 0 saturated carbocycles. The minimum Gasteiger partial charge on any atom is -0.497 e. The van der Waals surface area contributed by atoms with Crippen LogP contribution in [-0.4, -0.2) is 34.7 Å². The van der Waals surface area contributed by atoms with Gasteiger partial charge in [0.2, 0.25) is 0 Å². The summed E-state index contributed by atoms with van der Waals surface area (Å²) in [4.78, 5) is 16.5. The Bertz CT molecular complexity index is 872. The van der Waals surface area contributed by atoms with E-state index < -0.39 is 0 Å². The van der Waals surface area contributed by atoms with Gasteiger partial charge in [-0.25, -0.2) is 4.98 Å². The maximum Gasteiger partial charge on any atom is 0.256 e. The standard InChI is InChI=1S/C16H17N5O2/c1-10-8-19-21-14(10)18-9-13(16(22)17-2)15(21)20-11-5-4-6-12(7-11)23-3/h4-9,20H,1-3H3,(H,17,22). The number of hydrogen-bond donors (Lipinski definition) is 2. The van der Waals surface area contributed by atoms with Crippen molar-refractivity contribution in [3.8, 4) is 5.75 Å². The highest BCUT2D eigenvalue weighted by Gasteiger charge is 2.17. The summed E-state index contributed by atoms with van der Waals surface area (Å²) in [5.74, 6) is 1.03. The second-order valence-electron chi connectivity index (χ2n) is 5.02. The molecule has 0 saturated heterocycles. The molecule has 7 nitrogen and oxygen atoms in total. The lowest BCUT2D eigenvalue weighted by atomic mass is 10.2. The minimum atomic E-state index is -0.238. The summed E-state index contributed by atoms with van der Waals surface area (Å²) in [5.41, 5.74) is 2.83. The number of nitrogens with one attached hydrogen (secondary N) is 2. The van der Waals surface area contributed by atoms with Gasteiger partial charge in [0.15, 0.2) is 5.65 Å². The Kier molecular flexibility index (Phi) is 3.84. The number of methoxy groups -OCH3 is 1. The Morgan fingerprint density at radius 3 is 2.87 bits per heavy atom. The Morgan fingerprint density at radius 1 is 1.30 bits per heavy atom. The minimum absolute atomic E-state index is 0.238. The van der Waals surface area contributed by atoms with Crippen LogP contribution in [0.3, 0.4) is 0 Å². The van der Waals surface area contributed by atoms with E-state index in [1.807, 2.05) is 31.2 Å². The zero-order valence-corrected chi connectivity index (χ0v) is 13.1. The summed E-state index contributed by atoms with van der Waals surface area (Å²) in [6.45, 7) is 1.92. The monoisotopic (exact) mass is 311 g/mol. The number of ether oxygens (including phenoxy) is 1. The van der Waals surface area contributed by atoms with E-state index in [2.05, 4.69) is 20.7 Å². The highest BCUT2D eigenvalue weighted by atomic mass is 16.5. The van der Waals surface area contributed by atoms with Gasteiger partial charge in [0, 0.05) is 30.6 Å². The molecular formula is C16H17N5O2. The maximum atomic E-state index is 12.1. The van der Waals surface area contributed by atoms with E-state index in [4.69, 9.17) is 4.74 Å². The third-order valence-electron chi connectivity index (χ3n) is 3.51. The molecule has 3 aromatic rings. The highest BCUT2D eigenvalue weighted by Crippen LogP contribution is 2.25. The first-order valence-electron chi connectivity index (χ1n) is 7.10. The molecule has 118 valence electrons. The molecule has 2 heterocycles. The second kappa shape index (κ2) is 5.96. The number of benzene rings is 1. The third-order valence-corrected chi connectivity index (χ3v) is 3.51. The van der Waals surface area contributed by atoms with Gasteiger partial charge in [-0.15, -0.1) is 0 Å². The van der Waals surface area contributed by atoms with Crippen LogP contribution in [0.4, 0.5) is 11.5 Å². The zero-order valence-electron chi connectivity index (χ0n) is 13.1. The van der Waals surface area contributed by atoms with Gasteiger partial charge < -0.3 is 15.4 Å². The van der Waals surface area contributed by atoms with Crippen LogP contribution in [0.2, 0.25) is 0 Å². The topological polar surface area (TPSA) is 80.6 Å². The molecule has 0 bridgehead atoms. The van der Waals surface area contributed by atoms with Crippen molar-refractivity contribution in [2.24, 2.45) is 0 Å². The van der Waals surface area contributed by atoms with Crippen LogP contribution >= 0.6 is 0 Å². The Morgan fingerprint density at radius 2 is 2.13 bits per heavy atom. The van der Waals surface area contributed by atoms with Crippen LogP contribution in [0.15, 0.2) is 36.7 Å². The predicted octanol–water partition coefficient (Wildman–Crippen LogP) is 2.15. The lowest BCUT2D eigenvalue weighted by Gasteiger charge is -2.13. The van der Waals surface area contributed by atoms with Crippen LogP contribution in [0.5, 0.6) is 5.75 Å². The number of rotatable bonds is 4. The van der Waals surface area contributed by atoms with Gasteiger partial charge in [-0.3, -0.25) is 4.79 Å². The zero-order chi connectivity index (χ0) is 16.4. The first kappa shape index (κ1) is 14.8. The summed E-state index contributed by atoms with van der Waals surface area (Å²) in [5, 5.41) is 10.2. The highest BCUT2D eigenvalue weighted by molar-refractivity contribution is 5.99. The molecule has 3 rings (SSSR count). The quantitative estimate of drug-likeness (QED) is 0.771. The average molecular weight is 311 g/mol. The number of carbonyl (C=O) groups is 1. The first-order valence-corrected chi connectivity index (χ1v) is 7.10. The number of amides is 1. The number of hydrogen-bond acceptors (Lipinski definition) is 5. The van der Waals surface area contributed by atoms with Gasteiger partial charge in [-0.1, -0.05) is 6.07 Å². The van der Waals surface area contributed by atoms with Crippen LogP contribution in [-0.2, 0) is 0 Å². The van der Waals surface area contributed by atoms with Crippen molar-refractivity contribution in [1.82, 2.24) is 19.9 Å². The lowest BCUT2D eigenvalue weighted by molar-refractivity contribution is 0.0963. The number of carbonyl (C=O) groups excluding carboxylic acids is 1. The molecule has 0 aliphatic carbocycles. The van der Waals surface area contributed by atoms with Gasteiger partial charge in [-0.2, -0.15) is 9.61 Å². The summed E-state index contributed by atoms with van der Waals surface area (Å²) < 4.78 is 6.85. The van der Waals surface area contributed by atoms with Crippen molar-refractivity contribution in [2.75, 3.05) is 19.5 Å². The molecule has 0 aliphatic heterocycles. The maximum absolute atomic E-state index is 12.1. The van der Waals surface area contributed by atoms with Crippen molar-refractivity contribution in [1.29, 1.82) is 0 Å². The molecule has 2 aromatic heterocycles. The number of fused-ring (bicyclic) bond motifs is 1. The summed E-state index contributed by atoms with van der Waals surface area (Å²) >= 11 is 0. The van der Waals surface area contributed by atoms with Gasteiger partial charge in [0.1, 0.15) is 17.1 Å². The molecule has 2 N–H and O–H groups in total. The largest absolute Gasteiger partial charge is 0.497 e. The number of aromatic nitrogens is 3. The fraction of sp³-hybridized carbons (Fsp3) is 0.188. The molecule has 23 heavy (non-hydrogen) atoms. The molecule has 0 atom stereocenters. The molecule has 0 spiro atoms. The van der Waals surface area contributed by atoms with Gasteiger partial charge in [-0.05, 0) is 19.1 Å². The molecule has 1 aromatic carbocycles. The number of aryl methyl sites for hydroxylation is 1. The van der Waals surface area contributed by atoms with Crippen LogP contribution < -0.4 is 15.4 Å². The summed E-state index contributed by atoms with van der Waals surface area (Å²) in [6.07, 6.45) is 3.26. The van der Waals surface area contributed by atoms with E-state index in [-0.39, 0.29) is 5.91 Å². The average Bonchev–Trinajstić information content (AvgIpc) is 2.96. The molecule has 0 aliphatic rings. The van der Waals surface area contributed by atoms with Gasteiger partial charge in [0.25, 0.3) is 5.91 Å². The van der Waals surface area contributed by atoms with Crippen molar-refractivity contribution in [2.45, 2.75) is 6.92 Å². The van der Waals surface area contributed by atoms with Crippen molar-refractivity contribution < 1.29 is 9.53 Å². The number of anilines is 2. The Hall–Kier alpha value is -3.09. The summed E-state index contributed by atoms with van der Waals surface area (Å²) in [7, 11) is 3.19. The molecule has 7 heteroatoms. The molecule has 0 fully saturated rings. The Balaban J connectivity index is 2.14. The second-order valence-corrected chi connectivity index (χ2v) is 5.02. The summed E-state index contributed by atoms with van der Waals surface area (Å²) in [6, 6.07) is 7.45. The molecule has 1 amide bonds. The van der Waals surface area contributed by atoms with Crippen LogP contribution in [0, 0.1) is 6.92 Å². The third kappa shape index (κ3) is 2.68. The van der Waals surface area contributed by atoms with Crippen molar-refractivity contribution >= 4 is 23.1 Å². The van der Waals surface area contributed by atoms with E-state index in [9.17, 15) is 4.79 Å². The molecule has 0 radical (unpaired) electrons. The smallest absolute Gasteiger partial charge is 0.256 e. The SMILES string of the molecule is CNC(=O)c1cnc2c(C)cnn2c1Nc1cccc(OC)c1. The van der Waals surface area contributed by atoms with E-state index in [1.54, 1.807) is 31.1 Å². The van der Waals surface area contributed by atoms with Crippen molar-refractivity contribution in [3.63, 3.8) is 0 Å². The predicted molar refractivity (Wildman–Crippen MR) is 87.4 cm³/mol. The van der Waals surface area contributed by atoms with Gasteiger partial charge >= 0.3 is 0 Å². The van der Waals surface area contributed by atoms with Gasteiger partial charge in [0.05, 0.1) is 13.3 Å². The fourth-order valence-corrected chi connectivity index (χ4v) is 2.30. The lowest BCUT2D eigenvalue weighted by Crippen LogP contribution is -2.21. The fourth-order valence-electron chi connectivity index (χ4n) is 2.30.